The van der Waals surface area contributed by atoms with Crippen molar-refractivity contribution >= 4 is 12.0 Å². The predicted molar refractivity (Wildman–Crippen MR) is 71.0 cm³/mol. The van der Waals surface area contributed by atoms with E-state index in [1.807, 2.05) is 0 Å². The Balaban J connectivity index is 2.34. The number of urea groups is 1. The van der Waals surface area contributed by atoms with Crippen molar-refractivity contribution in [3.8, 4) is 0 Å². The molecule has 0 aromatic heterocycles. The van der Waals surface area contributed by atoms with Crippen molar-refractivity contribution in [1.82, 2.24) is 10.2 Å². The zero-order valence-electron chi connectivity index (χ0n) is 11.7. The summed E-state index contributed by atoms with van der Waals surface area (Å²) in [6.45, 7) is 3.97. The van der Waals surface area contributed by atoms with Gasteiger partial charge in [-0.3, -0.25) is 4.79 Å². The average molecular weight is 272 g/mol. The molecular formula is C13H24N2O4. The molecule has 1 rings (SSSR count). The van der Waals surface area contributed by atoms with Gasteiger partial charge in [0.05, 0.1) is 12.5 Å². The SMILES string of the molecule is COC(CNC(=O)N1CCCC(C)CC1)CC(=O)O. The van der Waals surface area contributed by atoms with Gasteiger partial charge in [-0.2, -0.15) is 0 Å². The summed E-state index contributed by atoms with van der Waals surface area (Å²) in [5.41, 5.74) is 0. The zero-order chi connectivity index (χ0) is 14.3. The molecule has 1 fully saturated rings. The molecule has 0 radical (unpaired) electrons. The van der Waals surface area contributed by atoms with Crippen molar-refractivity contribution in [3.63, 3.8) is 0 Å². The fourth-order valence-corrected chi connectivity index (χ4v) is 2.21. The third-order valence-electron chi connectivity index (χ3n) is 3.52. The summed E-state index contributed by atoms with van der Waals surface area (Å²) in [6.07, 6.45) is 2.62. The van der Waals surface area contributed by atoms with Crippen LogP contribution in [0.2, 0.25) is 0 Å². The number of nitrogens with one attached hydrogen (secondary N) is 1. The monoisotopic (exact) mass is 272 g/mol. The van der Waals surface area contributed by atoms with E-state index < -0.39 is 12.1 Å². The third kappa shape index (κ3) is 5.92. The maximum absolute atomic E-state index is 12.0. The van der Waals surface area contributed by atoms with Gasteiger partial charge >= 0.3 is 12.0 Å². The van der Waals surface area contributed by atoms with Crippen LogP contribution in [0.1, 0.15) is 32.6 Å². The minimum absolute atomic E-state index is 0.103. The van der Waals surface area contributed by atoms with Crippen LogP contribution in [0.4, 0.5) is 4.79 Å². The molecule has 110 valence electrons. The Morgan fingerprint density at radius 2 is 2.16 bits per heavy atom. The molecule has 2 atom stereocenters. The highest BCUT2D eigenvalue weighted by molar-refractivity contribution is 5.74. The molecule has 6 heteroatoms. The van der Waals surface area contributed by atoms with Gasteiger partial charge in [0.2, 0.25) is 0 Å². The fourth-order valence-electron chi connectivity index (χ4n) is 2.21. The topological polar surface area (TPSA) is 78.9 Å². The largest absolute Gasteiger partial charge is 0.481 e. The van der Waals surface area contributed by atoms with Crippen LogP contribution in [-0.2, 0) is 9.53 Å². The molecule has 2 amide bonds. The van der Waals surface area contributed by atoms with E-state index in [4.69, 9.17) is 9.84 Å². The molecule has 2 N–H and O–H groups in total. The normalized spacial score (nSPS) is 21.6. The molecule has 0 bridgehead atoms. The number of carbonyl (C=O) groups excluding carboxylic acids is 1. The first-order chi connectivity index (χ1) is 9.02. The van der Waals surface area contributed by atoms with E-state index in [1.54, 1.807) is 4.90 Å². The van der Waals surface area contributed by atoms with E-state index in [2.05, 4.69) is 12.2 Å². The number of carboxylic acids is 1. The summed E-state index contributed by atoms with van der Waals surface area (Å²) in [5, 5.41) is 11.4. The van der Waals surface area contributed by atoms with Gasteiger partial charge < -0.3 is 20.1 Å². The van der Waals surface area contributed by atoms with Crippen molar-refractivity contribution < 1.29 is 19.4 Å². The smallest absolute Gasteiger partial charge is 0.317 e. The Labute approximate surface area is 114 Å². The summed E-state index contributed by atoms with van der Waals surface area (Å²) in [7, 11) is 1.45. The number of amides is 2. The van der Waals surface area contributed by atoms with Crippen LogP contribution in [0.25, 0.3) is 0 Å². The highest BCUT2D eigenvalue weighted by Crippen LogP contribution is 2.16. The molecule has 6 nitrogen and oxygen atoms in total. The van der Waals surface area contributed by atoms with Gasteiger partial charge in [-0.15, -0.1) is 0 Å². The highest BCUT2D eigenvalue weighted by Gasteiger charge is 2.20. The lowest BCUT2D eigenvalue weighted by Gasteiger charge is -2.22. The number of aliphatic carboxylic acids is 1. The number of carboxylic acid groups (broad SMARTS) is 1. The third-order valence-corrected chi connectivity index (χ3v) is 3.52. The Hall–Kier alpha value is -1.30. The average Bonchev–Trinajstić information content (AvgIpc) is 2.58. The summed E-state index contributed by atoms with van der Waals surface area (Å²) in [5.74, 6) is -0.263. The minimum atomic E-state index is -0.926. The summed E-state index contributed by atoms with van der Waals surface area (Å²) in [4.78, 5) is 24.4. The Bertz CT molecular complexity index is 309. The maximum atomic E-state index is 12.0. The Morgan fingerprint density at radius 1 is 1.42 bits per heavy atom. The number of likely N-dealkylation sites (tertiary alicyclic amines) is 1. The van der Waals surface area contributed by atoms with E-state index in [0.717, 1.165) is 32.4 Å². The van der Waals surface area contributed by atoms with Crippen LogP contribution in [0.3, 0.4) is 0 Å². The second-order valence-electron chi connectivity index (χ2n) is 5.16. The molecule has 0 aromatic carbocycles. The van der Waals surface area contributed by atoms with Crippen LogP contribution in [0, 0.1) is 5.92 Å². The number of hydrogen-bond donors (Lipinski definition) is 2. The first-order valence-electron chi connectivity index (χ1n) is 6.80. The van der Waals surface area contributed by atoms with Crippen molar-refractivity contribution in [1.29, 1.82) is 0 Å². The van der Waals surface area contributed by atoms with Crippen LogP contribution >= 0.6 is 0 Å². The van der Waals surface area contributed by atoms with Crippen LogP contribution < -0.4 is 5.32 Å². The van der Waals surface area contributed by atoms with Gasteiger partial charge in [0.25, 0.3) is 0 Å². The second-order valence-corrected chi connectivity index (χ2v) is 5.16. The molecule has 1 heterocycles. The van der Waals surface area contributed by atoms with Gasteiger partial charge in [-0.1, -0.05) is 6.92 Å². The molecule has 0 saturated carbocycles. The lowest BCUT2D eigenvalue weighted by atomic mass is 10.0. The Morgan fingerprint density at radius 3 is 2.79 bits per heavy atom. The van der Waals surface area contributed by atoms with Crippen molar-refractivity contribution in [2.45, 2.75) is 38.7 Å². The summed E-state index contributed by atoms with van der Waals surface area (Å²) >= 11 is 0. The number of carbonyl (C=O) groups is 2. The number of ether oxygens (including phenoxy) is 1. The first kappa shape index (κ1) is 15.8. The molecule has 19 heavy (non-hydrogen) atoms. The van der Waals surface area contributed by atoms with E-state index in [-0.39, 0.29) is 19.0 Å². The van der Waals surface area contributed by atoms with E-state index in [9.17, 15) is 9.59 Å². The molecule has 0 aliphatic carbocycles. The molecule has 1 aliphatic rings. The highest BCUT2D eigenvalue weighted by atomic mass is 16.5. The molecular weight excluding hydrogens is 248 g/mol. The van der Waals surface area contributed by atoms with E-state index in [0.29, 0.717) is 5.92 Å². The van der Waals surface area contributed by atoms with Gasteiger partial charge in [0.1, 0.15) is 0 Å². The second kappa shape index (κ2) is 7.99. The number of hydrogen-bond acceptors (Lipinski definition) is 3. The van der Waals surface area contributed by atoms with Gasteiger partial charge in [0, 0.05) is 26.7 Å². The lowest BCUT2D eigenvalue weighted by molar-refractivity contribution is -0.139. The summed E-state index contributed by atoms with van der Waals surface area (Å²) in [6, 6.07) is -0.124. The molecule has 2 unspecified atom stereocenters. The van der Waals surface area contributed by atoms with Crippen molar-refractivity contribution in [2.75, 3.05) is 26.7 Å². The standard InChI is InChI=1S/C13H24N2O4/c1-10-4-3-6-15(7-5-10)13(18)14-9-11(19-2)8-12(16)17/h10-11H,3-9H2,1-2H3,(H,14,18)(H,16,17). The molecule has 0 spiro atoms. The van der Waals surface area contributed by atoms with Gasteiger partial charge in [0.15, 0.2) is 0 Å². The first-order valence-corrected chi connectivity index (χ1v) is 6.80. The maximum Gasteiger partial charge on any atom is 0.317 e. The molecule has 1 saturated heterocycles. The van der Waals surface area contributed by atoms with Crippen LogP contribution in [0.5, 0.6) is 0 Å². The number of rotatable bonds is 5. The zero-order valence-corrected chi connectivity index (χ0v) is 11.7. The molecule has 0 aromatic rings. The summed E-state index contributed by atoms with van der Waals surface area (Å²) < 4.78 is 5.03. The lowest BCUT2D eigenvalue weighted by Crippen LogP contribution is -2.44. The van der Waals surface area contributed by atoms with Gasteiger partial charge in [-0.25, -0.2) is 4.79 Å². The van der Waals surface area contributed by atoms with Gasteiger partial charge in [-0.05, 0) is 25.2 Å². The fraction of sp³-hybridized carbons (Fsp3) is 0.846. The van der Waals surface area contributed by atoms with Crippen molar-refractivity contribution in [2.24, 2.45) is 5.92 Å². The van der Waals surface area contributed by atoms with E-state index >= 15 is 0 Å². The minimum Gasteiger partial charge on any atom is -0.481 e. The van der Waals surface area contributed by atoms with Crippen molar-refractivity contribution in [3.05, 3.63) is 0 Å². The molecule has 1 aliphatic heterocycles. The van der Waals surface area contributed by atoms with Crippen LogP contribution in [-0.4, -0.2) is 54.9 Å². The number of methoxy groups -OCH3 is 1. The number of nitrogens with zero attached hydrogens (tertiary/aromatic N) is 1. The quantitative estimate of drug-likeness (QED) is 0.791. The van der Waals surface area contributed by atoms with E-state index in [1.165, 1.54) is 7.11 Å². The Kier molecular flexibility index (Phi) is 6.62. The predicted octanol–water partition coefficient (Wildman–Crippen LogP) is 1.31. The van der Waals surface area contributed by atoms with Crippen LogP contribution in [0.15, 0.2) is 0 Å².